The van der Waals surface area contributed by atoms with Crippen molar-refractivity contribution < 1.29 is 9.53 Å². The second-order valence-electron chi connectivity index (χ2n) is 3.83. The molecule has 0 aliphatic carbocycles. The summed E-state index contributed by atoms with van der Waals surface area (Å²) in [5.41, 5.74) is 1.54. The van der Waals surface area contributed by atoms with Gasteiger partial charge in [-0.3, -0.25) is 4.79 Å². The Morgan fingerprint density at radius 2 is 2.28 bits per heavy atom. The predicted octanol–water partition coefficient (Wildman–Crippen LogP) is 3.65. The van der Waals surface area contributed by atoms with Gasteiger partial charge in [-0.15, -0.1) is 11.3 Å². The number of aromatic nitrogens is 1. The lowest BCUT2D eigenvalue weighted by molar-refractivity contribution is 0.0990. The van der Waals surface area contributed by atoms with Crippen LogP contribution in [0.5, 0.6) is 5.75 Å². The van der Waals surface area contributed by atoms with E-state index < -0.39 is 0 Å². The molecule has 0 aliphatic rings. The highest BCUT2D eigenvalue weighted by Crippen LogP contribution is 2.25. The Kier molecular flexibility index (Phi) is 4.14. The Morgan fingerprint density at radius 3 is 2.89 bits per heavy atom. The first-order valence-electron chi connectivity index (χ1n) is 5.38. The summed E-state index contributed by atoms with van der Waals surface area (Å²) in [6.07, 6.45) is 0.316. The maximum Gasteiger partial charge on any atom is 0.173 e. The van der Waals surface area contributed by atoms with Crippen LogP contribution in [-0.2, 0) is 6.42 Å². The molecule has 2 rings (SSSR count). The molecule has 0 bridgehead atoms. The minimum absolute atomic E-state index is 0.0219. The van der Waals surface area contributed by atoms with Crippen LogP contribution in [0.25, 0.3) is 0 Å². The maximum atomic E-state index is 12.2. The van der Waals surface area contributed by atoms with Crippen molar-refractivity contribution in [2.75, 3.05) is 7.11 Å². The van der Waals surface area contributed by atoms with Crippen molar-refractivity contribution >= 4 is 33.0 Å². The molecule has 18 heavy (non-hydrogen) atoms. The molecule has 1 heterocycles. The molecular formula is C13H12BrNO2S. The number of carbonyl (C=O) groups excluding carboxylic acids is 1. The first kappa shape index (κ1) is 13.2. The van der Waals surface area contributed by atoms with E-state index in [0.717, 1.165) is 15.2 Å². The summed E-state index contributed by atoms with van der Waals surface area (Å²) in [7, 11) is 1.56. The van der Waals surface area contributed by atoms with Gasteiger partial charge in [0.1, 0.15) is 10.8 Å². The van der Waals surface area contributed by atoms with Crippen LogP contribution in [-0.4, -0.2) is 17.9 Å². The molecule has 0 amide bonds. The monoisotopic (exact) mass is 325 g/mol. The van der Waals surface area contributed by atoms with Crippen LogP contribution >= 0.6 is 27.3 Å². The van der Waals surface area contributed by atoms with Crippen molar-refractivity contribution in [2.24, 2.45) is 0 Å². The van der Waals surface area contributed by atoms with E-state index >= 15 is 0 Å². The van der Waals surface area contributed by atoms with Gasteiger partial charge in [-0.05, 0) is 25.1 Å². The largest absolute Gasteiger partial charge is 0.496 e. The predicted molar refractivity (Wildman–Crippen MR) is 75.6 cm³/mol. The molecular weight excluding hydrogens is 314 g/mol. The molecule has 1 aromatic carbocycles. The number of hydrogen-bond acceptors (Lipinski definition) is 4. The van der Waals surface area contributed by atoms with Crippen molar-refractivity contribution in [3.05, 3.63) is 44.3 Å². The topological polar surface area (TPSA) is 39.2 Å². The zero-order chi connectivity index (χ0) is 13.1. The van der Waals surface area contributed by atoms with Crippen molar-refractivity contribution in [1.29, 1.82) is 0 Å². The van der Waals surface area contributed by atoms with E-state index in [-0.39, 0.29) is 5.78 Å². The van der Waals surface area contributed by atoms with E-state index in [1.807, 2.05) is 18.4 Å². The Balaban J connectivity index is 2.23. The van der Waals surface area contributed by atoms with Gasteiger partial charge in [-0.2, -0.15) is 0 Å². The van der Waals surface area contributed by atoms with Crippen molar-refractivity contribution in [2.45, 2.75) is 13.3 Å². The third kappa shape index (κ3) is 2.97. The highest BCUT2D eigenvalue weighted by molar-refractivity contribution is 9.10. The lowest BCUT2D eigenvalue weighted by atomic mass is 10.1. The highest BCUT2D eigenvalue weighted by Gasteiger charge is 2.14. The van der Waals surface area contributed by atoms with Crippen LogP contribution in [0.15, 0.2) is 28.1 Å². The molecule has 0 saturated heterocycles. The van der Waals surface area contributed by atoms with Gasteiger partial charge >= 0.3 is 0 Å². The highest BCUT2D eigenvalue weighted by atomic mass is 79.9. The van der Waals surface area contributed by atoms with Crippen LogP contribution in [0, 0.1) is 6.92 Å². The number of ether oxygens (including phenoxy) is 1. The number of aryl methyl sites for hydroxylation is 1. The molecule has 0 N–H and O–H groups in total. The number of rotatable bonds is 4. The molecule has 0 spiro atoms. The fourth-order valence-electron chi connectivity index (χ4n) is 1.61. The Hall–Kier alpha value is -1.20. The average molecular weight is 326 g/mol. The number of hydrogen-bond donors (Lipinski definition) is 0. The van der Waals surface area contributed by atoms with Gasteiger partial charge in [-0.25, -0.2) is 4.98 Å². The van der Waals surface area contributed by atoms with E-state index in [0.29, 0.717) is 17.7 Å². The van der Waals surface area contributed by atoms with Gasteiger partial charge in [-0.1, -0.05) is 15.9 Å². The Bertz CT molecular complexity index is 580. The minimum atomic E-state index is 0.0219. The van der Waals surface area contributed by atoms with Crippen molar-refractivity contribution in [3.8, 4) is 5.75 Å². The molecule has 5 heteroatoms. The Labute approximate surface area is 118 Å². The average Bonchev–Trinajstić information content (AvgIpc) is 2.74. The van der Waals surface area contributed by atoms with Gasteiger partial charge in [0, 0.05) is 15.5 Å². The number of benzene rings is 1. The summed E-state index contributed by atoms with van der Waals surface area (Å²) >= 11 is 4.86. The van der Waals surface area contributed by atoms with E-state index in [1.54, 1.807) is 19.2 Å². The third-order valence-electron chi connectivity index (χ3n) is 2.44. The van der Waals surface area contributed by atoms with Gasteiger partial charge in [0.05, 0.1) is 19.1 Å². The molecule has 3 nitrogen and oxygen atoms in total. The standard InChI is InChI=1S/C13H12BrNO2S/c1-8-7-18-13(15-8)6-11(16)10-4-3-9(14)5-12(10)17-2/h3-5,7H,6H2,1-2H3. The smallest absolute Gasteiger partial charge is 0.173 e. The summed E-state index contributed by atoms with van der Waals surface area (Å²) in [6, 6.07) is 5.40. The lowest BCUT2D eigenvalue weighted by Crippen LogP contribution is -2.05. The number of methoxy groups -OCH3 is 1. The number of nitrogens with zero attached hydrogens (tertiary/aromatic N) is 1. The molecule has 0 atom stereocenters. The zero-order valence-corrected chi connectivity index (χ0v) is 12.5. The van der Waals surface area contributed by atoms with E-state index in [2.05, 4.69) is 20.9 Å². The van der Waals surface area contributed by atoms with Gasteiger partial charge in [0.15, 0.2) is 5.78 Å². The number of thiazole rings is 1. The molecule has 0 fully saturated rings. The SMILES string of the molecule is COc1cc(Br)ccc1C(=O)Cc1nc(C)cs1. The Morgan fingerprint density at radius 1 is 1.50 bits per heavy atom. The van der Waals surface area contributed by atoms with E-state index in [1.165, 1.54) is 11.3 Å². The van der Waals surface area contributed by atoms with Crippen LogP contribution in [0.4, 0.5) is 0 Å². The summed E-state index contributed by atoms with van der Waals surface area (Å²) in [5.74, 6) is 0.608. The van der Waals surface area contributed by atoms with Crippen LogP contribution < -0.4 is 4.74 Å². The summed E-state index contributed by atoms with van der Waals surface area (Å²) < 4.78 is 6.11. The molecule has 94 valence electrons. The first-order valence-corrected chi connectivity index (χ1v) is 7.05. The summed E-state index contributed by atoms with van der Waals surface area (Å²) in [5, 5.41) is 2.78. The fraction of sp³-hybridized carbons (Fsp3) is 0.231. The quantitative estimate of drug-likeness (QED) is 0.805. The molecule has 0 aliphatic heterocycles. The number of halogens is 1. The van der Waals surface area contributed by atoms with Crippen LogP contribution in [0.3, 0.4) is 0 Å². The van der Waals surface area contributed by atoms with E-state index in [9.17, 15) is 4.79 Å². The minimum Gasteiger partial charge on any atom is -0.496 e. The number of Topliss-reactive ketones (excluding diaryl/α,β-unsaturated/α-hetero) is 1. The van der Waals surface area contributed by atoms with Gasteiger partial charge in [0.2, 0.25) is 0 Å². The van der Waals surface area contributed by atoms with Crippen molar-refractivity contribution in [1.82, 2.24) is 4.98 Å². The summed E-state index contributed by atoms with van der Waals surface area (Å²) in [6.45, 7) is 1.92. The first-order chi connectivity index (χ1) is 8.60. The van der Waals surface area contributed by atoms with Crippen LogP contribution in [0.1, 0.15) is 21.1 Å². The molecule has 0 saturated carbocycles. The number of carbonyl (C=O) groups is 1. The van der Waals surface area contributed by atoms with E-state index in [4.69, 9.17) is 4.74 Å². The summed E-state index contributed by atoms with van der Waals surface area (Å²) in [4.78, 5) is 16.5. The molecule has 0 radical (unpaired) electrons. The maximum absolute atomic E-state index is 12.2. The fourth-order valence-corrected chi connectivity index (χ4v) is 2.72. The second-order valence-corrected chi connectivity index (χ2v) is 5.69. The van der Waals surface area contributed by atoms with Gasteiger partial charge < -0.3 is 4.74 Å². The van der Waals surface area contributed by atoms with Crippen molar-refractivity contribution in [3.63, 3.8) is 0 Å². The molecule has 2 aromatic rings. The number of ketones is 1. The normalized spacial score (nSPS) is 10.4. The van der Waals surface area contributed by atoms with Gasteiger partial charge in [0.25, 0.3) is 0 Å². The zero-order valence-electron chi connectivity index (χ0n) is 10.1. The third-order valence-corrected chi connectivity index (χ3v) is 3.90. The van der Waals surface area contributed by atoms with Crippen LogP contribution in [0.2, 0.25) is 0 Å². The lowest BCUT2D eigenvalue weighted by Gasteiger charge is -2.07. The molecule has 0 unspecified atom stereocenters. The molecule has 1 aromatic heterocycles. The second kappa shape index (κ2) is 5.63.